The second-order valence-electron chi connectivity index (χ2n) is 3.81. The van der Waals surface area contributed by atoms with Crippen LogP contribution in [-0.2, 0) is 6.42 Å². The van der Waals surface area contributed by atoms with Gasteiger partial charge in [-0.3, -0.25) is 0 Å². The lowest BCUT2D eigenvalue weighted by Crippen LogP contribution is -1.98. The molecule has 0 bridgehead atoms. The van der Waals surface area contributed by atoms with Crippen molar-refractivity contribution in [3.8, 4) is 10.6 Å². The van der Waals surface area contributed by atoms with Gasteiger partial charge in [-0.05, 0) is 49.7 Å². The zero-order chi connectivity index (χ0) is 11.4. The molecule has 0 fully saturated rings. The number of hydrogen-bond donors (Lipinski definition) is 1. The maximum atomic E-state index is 5.48. The minimum atomic E-state index is 0.780. The lowest BCUT2D eigenvalue weighted by Gasteiger charge is -1.95. The summed E-state index contributed by atoms with van der Waals surface area (Å²) in [5.41, 5.74) is 7.94. The molecule has 16 heavy (non-hydrogen) atoms. The number of aromatic nitrogens is 1. The topological polar surface area (TPSA) is 38.9 Å². The van der Waals surface area contributed by atoms with Crippen molar-refractivity contribution < 1.29 is 0 Å². The van der Waals surface area contributed by atoms with Gasteiger partial charge in [-0.15, -0.1) is 22.7 Å². The molecule has 0 saturated heterocycles. The Labute approximate surface area is 104 Å². The number of unbranched alkanes of at least 4 members (excludes halogenated alkanes) is 1. The van der Waals surface area contributed by atoms with Gasteiger partial charge in [-0.2, -0.15) is 0 Å². The zero-order valence-corrected chi connectivity index (χ0v) is 11.0. The van der Waals surface area contributed by atoms with Crippen LogP contribution >= 0.6 is 22.7 Å². The van der Waals surface area contributed by atoms with E-state index in [1.165, 1.54) is 15.4 Å². The Hall–Kier alpha value is -0.710. The first kappa shape index (κ1) is 11.8. The Morgan fingerprint density at radius 2 is 2.19 bits per heavy atom. The molecule has 2 aromatic rings. The van der Waals surface area contributed by atoms with Crippen molar-refractivity contribution in [3.63, 3.8) is 0 Å². The van der Waals surface area contributed by atoms with Gasteiger partial charge in [0.1, 0.15) is 0 Å². The molecule has 0 aliphatic carbocycles. The van der Waals surface area contributed by atoms with Crippen molar-refractivity contribution in [2.24, 2.45) is 5.73 Å². The molecular weight excluding hydrogens is 236 g/mol. The SMILES string of the molecule is Cc1ccsc1-c1csc(CCCCN)n1. The fraction of sp³-hybridized carbons (Fsp3) is 0.417. The first-order valence-corrected chi connectivity index (χ1v) is 7.26. The summed E-state index contributed by atoms with van der Waals surface area (Å²) in [5, 5.41) is 5.52. The summed E-state index contributed by atoms with van der Waals surface area (Å²) in [6.07, 6.45) is 3.30. The van der Waals surface area contributed by atoms with Gasteiger partial charge in [0, 0.05) is 5.38 Å². The summed E-state index contributed by atoms with van der Waals surface area (Å²) < 4.78 is 0. The Bertz CT molecular complexity index is 445. The van der Waals surface area contributed by atoms with E-state index in [0.717, 1.165) is 31.5 Å². The van der Waals surface area contributed by atoms with E-state index < -0.39 is 0 Å². The summed E-state index contributed by atoms with van der Waals surface area (Å²) in [6.45, 7) is 2.92. The van der Waals surface area contributed by atoms with E-state index in [0.29, 0.717) is 0 Å². The lowest BCUT2D eigenvalue weighted by atomic mass is 10.2. The van der Waals surface area contributed by atoms with E-state index in [-0.39, 0.29) is 0 Å². The Morgan fingerprint density at radius 3 is 2.88 bits per heavy atom. The zero-order valence-electron chi connectivity index (χ0n) is 9.40. The van der Waals surface area contributed by atoms with E-state index >= 15 is 0 Å². The largest absolute Gasteiger partial charge is 0.330 e. The standard InChI is InChI=1S/C12H16N2S2/c1-9-5-7-15-12(9)10-8-16-11(14-10)4-2-3-6-13/h5,7-8H,2-4,6,13H2,1H3. The summed E-state index contributed by atoms with van der Waals surface area (Å²) >= 11 is 3.53. The maximum Gasteiger partial charge on any atom is 0.0932 e. The average molecular weight is 252 g/mol. The summed E-state index contributed by atoms with van der Waals surface area (Å²) in [5.74, 6) is 0. The van der Waals surface area contributed by atoms with Crippen molar-refractivity contribution in [2.75, 3.05) is 6.54 Å². The number of aryl methyl sites for hydroxylation is 2. The van der Waals surface area contributed by atoms with Crippen molar-refractivity contribution in [2.45, 2.75) is 26.2 Å². The highest BCUT2D eigenvalue weighted by Gasteiger charge is 2.07. The van der Waals surface area contributed by atoms with Crippen molar-refractivity contribution in [3.05, 3.63) is 27.4 Å². The highest BCUT2D eigenvalue weighted by molar-refractivity contribution is 7.14. The van der Waals surface area contributed by atoms with Gasteiger partial charge < -0.3 is 5.73 Å². The third-order valence-electron chi connectivity index (χ3n) is 2.49. The number of hydrogen-bond acceptors (Lipinski definition) is 4. The fourth-order valence-corrected chi connectivity index (χ4v) is 3.38. The average Bonchev–Trinajstić information content (AvgIpc) is 2.87. The fourth-order valence-electron chi connectivity index (χ4n) is 1.59. The third kappa shape index (κ3) is 2.70. The highest BCUT2D eigenvalue weighted by atomic mass is 32.1. The van der Waals surface area contributed by atoms with Gasteiger partial charge in [0.05, 0.1) is 15.6 Å². The first-order valence-electron chi connectivity index (χ1n) is 5.50. The molecule has 0 spiro atoms. The highest BCUT2D eigenvalue weighted by Crippen LogP contribution is 2.30. The Morgan fingerprint density at radius 1 is 1.31 bits per heavy atom. The molecule has 2 N–H and O–H groups in total. The van der Waals surface area contributed by atoms with E-state index in [1.54, 1.807) is 22.7 Å². The van der Waals surface area contributed by atoms with Crippen LogP contribution < -0.4 is 5.73 Å². The second-order valence-corrected chi connectivity index (χ2v) is 5.66. The van der Waals surface area contributed by atoms with Crippen LogP contribution in [0.3, 0.4) is 0 Å². The molecule has 0 atom stereocenters. The lowest BCUT2D eigenvalue weighted by molar-refractivity contribution is 0.742. The minimum Gasteiger partial charge on any atom is -0.330 e. The van der Waals surface area contributed by atoms with Gasteiger partial charge in [0.15, 0.2) is 0 Å². The van der Waals surface area contributed by atoms with Gasteiger partial charge in [-0.25, -0.2) is 4.98 Å². The Balaban J connectivity index is 2.05. The summed E-state index contributed by atoms with van der Waals surface area (Å²) in [7, 11) is 0. The normalized spacial score (nSPS) is 10.9. The smallest absolute Gasteiger partial charge is 0.0932 e. The van der Waals surface area contributed by atoms with Gasteiger partial charge in [0.25, 0.3) is 0 Å². The monoisotopic (exact) mass is 252 g/mol. The third-order valence-corrected chi connectivity index (χ3v) is 4.44. The van der Waals surface area contributed by atoms with Crippen LogP contribution in [0.25, 0.3) is 10.6 Å². The van der Waals surface area contributed by atoms with Crippen molar-refractivity contribution in [1.82, 2.24) is 4.98 Å². The molecule has 0 aliphatic rings. The molecule has 2 aromatic heterocycles. The van der Waals surface area contributed by atoms with Crippen LogP contribution in [0.2, 0.25) is 0 Å². The van der Waals surface area contributed by atoms with E-state index in [2.05, 4.69) is 28.7 Å². The molecule has 0 saturated carbocycles. The number of rotatable bonds is 5. The number of nitrogens with two attached hydrogens (primary N) is 1. The van der Waals surface area contributed by atoms with Crippen LogP contribution in [-0.4, -0.2) is 11.5 Å². The number of nitrogens with zero attached hydrogens (tertiary/aromatic N) is 1. The first-order chi connectivity index (χ1) is 7.81. The number of thiazole rings is 1. The van der Waals surface area contributed by atoms with Crippen molar-refractivity contribution in [1.29, 1.82) is 0 Å². The quantitative estimate of drug-likeness (QED) is 0.828. The van der Waals surface area contributed by atoms with Crippen molar-refractivity contribution >= 4 is 22.7 Å². The molecule has 0 radical (unpaired) electrons. The van der Waals surface area contributed by atoms with Gasteiger partial charge in [-0.1, -0.05) is 0 Å². The molecule has 2 heterocycles. The molecule has 86 valence electrons. The predicted molar refractivity (Wildman–Crippen MR) is 72.2 cm³/mol. The molecule has 0 amide bonds. The van der Waals surface area contributed by atoms with Gasteiger partial charge in [0.2, 0.25) is 0 Å². The molecular formula is C12H16N2S2. The van der Waals surface area contributed by atoms with Crippen LogP contribution in [0.4, 0.5) is 0 Å². The summed E-state index contributed by atoms with van der Waals surface area (Å²) in [4.78, 5) is 5.98. The molecule has 4 heteroatoms. The van der Waals surface area contributed by atoms with E-state index in [9.17, 15) is 0 Å². The molecule has 2 nitrogen and oxygen atoms in total. The van der Waals surface area contributed by atoms with E-state index in [4.69, 9.17) is 5.73 Å². The minimum absolute atomic E-state index is 0.780. The molecule has 0 aliphatic heterocycles. The summed E-state index contributed by atoms with van der Waals surface area (Å²) in [6, 6.07) is 2.15. The second kappa shape index (κ2) is 5.57. The predicted octanol–water partition coefficient (Wildman–Crippen LogP) is 3.46. The molecule has 0 unspecified atom stereocenters. The Kier molecular flexibility index (Phi) is 4.09. The van der Waals surface area contributed by atoms with Crippen LogP contribution in [0.5, 0.6) is 0 Å². The van der Waals surface area contributed by atoms with E-state index in [1.807, 2.05) is 0 Å². The maximum absolute atomic E-state index is 5.48. The van der Waals surface area contributed by atoms with Crippen LogP contribution in [0.1, 0.15) is 23.4 Å². The van der Waals surface area contributed by atoms with Crippen LogP contribution in [0, 0.1) is 6.92 Å². The molecule has 0 aromatic carbocycles. The number of thiophene rings is 1. The van der Waals surface area contributed by atoms with Gasteiger partial charge >= 0.3 is 0 Å². The molecule has 2 rings (SSSR count). The van der Waals surface area contributed by atoms with Crippen LogP contribution in [0.15, 0.2) is 16.8 Å².